The van der Waals surface area contributed by atoms with Crippen molar-refractivity contribution in [2.75, 3.05) is 0 Å². The summed E-state index contributed by atoms with van der Waals surface area (Å²) < 4.78 is 2.14. The van der Waals surface area contributed by atoms with Gasteiger partial charge in [0.2, 0.25) is 0 Å². The van der Waals surface area contributed by atoms with Gasteiger partial charge in [0.1, 0.15) is 6.29 Å². The number of nitrogens with zero attached hydrogens (tertiary/aromatic N) is 1. The predicted molar refractivity (Wildman–Crippen MR) is 73.4 cm³/mol. The van der Waals surface area contributed by atoms with Gasteiger partial charge in [-0.3, -0.25) is 4.79 Å². The molecule has 0 unspecified atom stereocenters. The average Bonchev–Trinajstić information content (AvgIpc) is 2.84. The molecular formula is C16H13NO. The largest absolute Gasteiger partial charge is 0.317 e. The molecule has 0 saturated heterocycles. The van der Waals surface area contributed by atoms with Crippen molar-refractivity contribution in [1.29, 1.82) is 0 Å². The number of fused-ring (bicyclic) bond motifs is 1. The summed E-state index contributed by atoms with van der Waals surface area (Å²) in [6.07, 6.45) is 2.93. The lowest BCUT2D eigenvalue weighted by atomic mass is 10.1. The number of hydrogen-bond donors (Lipinski definition) is 0. The number of aromatic nitrogens is 1. The van der Waals surface area contributed by atoms with Gasteiger partial charge in [0, 0.05) is 22.8 Å². The fourth-order valence-corrected chi connectivity index (χ4v) is 2.26. The van der Waals surface area contributed by atoms with Gasteiger partial charge in [0.05, 0.1) is 5.52 Å². The quantitative estimate of drug-likeness (QED) is 0.620. The van der Waals surface area contributed by atoms with Crippen LogP contribution in [0.1, 0.15) is 15.9 Å². The topological polar surface area (TPSA) is 22.0 Å². The molecule has 1 heterocycles. The molecule has 0 aliphatic heterocycles. The van der Waals surface area contributed by atoms with Crippen molar-refractivity contribution in [3.63, 3.8) is 0 Å². The molecule has 0 amide bonds. The number of carbonyl (C=O) groups is 1. The van der Waals surface area contributed by atoms with E-state index in [9.17, 15) is 4.79 Å². The van der Waals surface area contributed by atoms with E-state index in [0.29, 0.717) is 5.56 Å². The maximum atomic E-state index is 10.7. The van der Waals surface area contributed by atoms with Crippen LogP contribution in [0.15, 0.2) is 54.7 Å². The molecule has 0 atom stereocenters. The Morgan fingerprint density at radius 2 is 1.78 bits per heavy atom. The van der Waals surface area contributed by atoms with E-state index in [1.165, 1.54) is 16.5 Å². The molecule has 2 aromatic carbocycles. The first-order valence-electron chi connectivity index (χ1n) is 5.92. The van der Waals surface area contributed by atoms with Gasteiger partial charge < -0.3 is 4.57 Å². The second kappa shape index (κ2) is 4.15. The summed E-state index contributed by atoms with van der Waals surface area (Å²) >= 11 is 0. The van der Waals surface area contributed by atoms with Crippen LogP contribution in [0.5, 0.6) is 0 Å². The average molecular weight is 235 g/mol. The maximum absolute atomic E-state index is 10.7. The minimum Gasteiger partial charge on any atom is -0.317 e. The third-order valence-electron chi connectivity index (χ3n) is 3.26. The molecule has 0 aliphatic carbocycles. The summed E-state index contributed by atoms with van der Waals surface area (Å²) in [6, 6.07) is 16.0. The number of aldehydes is 1. The van der Waals surface area contributed by atoms with Crippen LogP contribution in [0.4, 0.5) is 0 Å². The molecule has 88 valence electrons. The van der Waals surface area contributed by atoms with Gasteiger partial charge in [-0.15, -0.1) is 0 Å². The van der Waals surface area contributed by atoms with Gasteiger partial charge in [-0.05, 0) is 48.9 Å². The molecular weight excluding hydrogens is 222 g/mol. The fraction of sp³-hybridized carbons (Fsp3) is 0.0625. The molecule has 0 spiro atoms. The second-order valence-corrected chi connectivity index (χ2v) is 4.40. The first-order chi connectivity index (χ1) is 8.79. The Bertz CT molecular complexity index is 708. The summed E-state index contributed by atoms with van der Waals surface area (Å²) in [7, 11) is 0. The van der Waals surface area contributed by atoms with E-state index in [4.69, 9.17) is 0 Å². The molecule has 0 aliphatic rings. The summed E-state index contributed by atoms with van der Waals surface area (Å²) in [4.78, 5) is 10.7. The number of benzene rings is 2. The van der Waals surface area contributed by atoms with Crippen LogP contribution in [0.2, 0.25) is 0 Å². The van der Waals surface area contributed by atoms with Crippen LogP contribution < -0.4 is 0 Å². The Morgan fingerprint density at radius 1 is 1.00 bits per heavy atom. The van der Waals surface area contributed by atoms with Crippen molar-refractivity contribution in [1.82, 2.24) is 4.57 Å². The van der Waals surface area contributed by atoms with E-state index in [1.807, 2.05) is 24.3 Å². The van der Waals surface area contributed by atoms with Crippen molar-refractivity contribution in [2.45, 2.75) is 6.92 Å². The van der Waals surface area contributed by atoms with Gasteiger partial charge >= 0.3 is 0 Å². The van der Waals surface area contributed by atoms with Gasteiger partial charge in [0.15, 0.2) is 0 Å². The van der Waals surface area contributed by atoms with Crippen molar-refractivity contribution in [3.8, 4) is 5.69 Å². The lowest BCUT2D eigenvalue weighted by Crippen LogP contribution is -1.92. The minimum absolute atomic E-state index is 0.700. The minimum atomic E-state index is 0.700. The normalized spacial score (nSPS) is 10.7. The van der Waals surface area contributed by atoms with Gasteiger partial charge in [-0.1, -0.05) is 12.1 Å². The zero-order chi connectivity index (χ0) is 12.5. The molecule has 1 aromatic heterocycles. The smallest absolute Gasteiger partial charge is 0.150 e. The Morgan fingerprint density at radius 3 is 2.50 bits per heavy atom. The van der Waals surface area contributed by atoms with E-state index in [2.05, 4.69) is 42.0 Å². The van der Waals surface area contributed by atoms with Gasteiger partial charge in [-0.2, -0.15) is 0 Å². The summed E-state index contributed by atoms with van der Waals surface area (Å²) in [6.45, 7) is 2.11. The Kier molecular flexibility index (Phi) is 2.49. The monoisotopic (exact) mass is 235 g/mol. The van der Waals surface area contributed by atoms with Crippen LogP contribution in [0, 0.1) is 6.92 Å². The number of carbonyl (C=O) groups excluding carboxylic acids is 1. The van der Waals surface area contributed by atoms with Crippen LogP contribution >= 0.6 is 0 Å². The zero-order valence-electron chi connectivity index (χ0n) is 10.1. The van der Waals surface area contributed by atoms with Crippen molar-refractivity contribution < 1.29 is 4.79 Å². The number of hydrogen-bond acceptors (Lipinski definition) is 1. The standard InChI is InChI=1S/C16H13NO/c1-12-3-2-4-16-15(12)9-10-17(16)14-7-5-13(11-18)6-8-14/h2-11H,1H3. The predicted octanol–water partition coefficient (Wildman–Crippen LogP) is 3.75. The van der Waals surface area contributed by atoms with E-state index < -0.39 is 0 Å². The van der Waals surface area contributed by atoms with Crippen LogP contribution in [0.25, 0.3) is 16.6 Å². The molecule has 18 heavy (non-hydrogen) atoms. The molecule has 2 heteroatoms. The Hall–Kier alpha value is -2.35. The van der Waals surface area contributed by atoms with Gasteiger partial charge in [-0.25, -0.2) is 0 Å². The summed E-state index contributed by atoms with van der Waals surface area (Å²) in [5, 5.41) is 1.26. The number of rotatable bonds is 2. The second-order valence-electron chi connectivity index (χ2n) is 4.40. The summed E-state index contributed by atoms with van der Waals surface area (Å²) in [5.74, 6) is 0. The van der Waals surface area contributed by atoms with E-state index in [1.54, 1.807) is 0 Å². The van der Waals surface area contributed by atoms with E-state index in [-0.39, 0.29) is 0 Å². The Labute approximate surface area is 105 Å². The fourth-order valence-electron chi connectivity index (χ4n) is 2.26. The van der Waals surface area contributed by atoms with Crippen LogP contribution in [-0.4, -0.2) is 10.9 Å². The summed E-state index contributed by atoms with van der Waals surface area (Å²) in [5.41, 5.74) is 4.23. The van der Waals surface area contributed by atoms with E-state index >= 15 is 0 Å². The molecule has 0 fully saturated rings. The SMILES string of the molecule is Cc1cccc2c1ccn2-c1ccc(C=O)cc1. The molecule has 3 rings (SSSR count). The molecule has 0 radical (unpaired) electrons. The molecule has 0 N–H and O–H groups in total. The van der Waals surface area contributed by atoms with Crippen LogP contribution in [-0.2, 0) is 0 Å². The molecule has 3 aromatic rings. The third-order valence-corrected chi connectivity index (χ3v) is 3.26. The Balaban J connectivity index is 2.19. The molecule has 2 nitrogen and oxygen atoms in total. The highest BCUT2D eigenvalue weighted by molar-refractivity contribution is 5.85. The molecule has 0 saturated carbocycles. The highest BCUT2D eigenvalue weighted by atomic mass is 16.1. The lowest BCUT2D eigenvalue weighted by molar-refractivity contribution is 0.112. The lowest BCUT2D eigenvalue weighted by Gasteiger charge is -2.06. The van der Waals surface area contributed by atoms with E-state index in [0.717, 1.165) is 12.0 Å². The first kappa shape index (κ1) is 10.8. The van der Waals surface area contributed by atoms with Crippen molar-refractivity contribution in [2.24, 2.45) is 0 Å². The highest BCUT2D eigenvalue weighted by Gasteiger charge is 2.04. The molecule has 0 bridgehead atoms. The van der Waals surface area contributed by atoms with Crippen molar-refractivity contribution in [3.05, 3.63) is 65.9 Å². The van der Waals surface area contributed by atoms with Crippen molar-refractivity contribution >= 4 is 17.2 Å². The first-order valence-corrected chi connectivity index (χ1v) is 5.92. The maximum Gasteiger partial charge on any atom is 0.150 e. The number of aryl methyl sites for hydroxylation is 1. The third kappa shape index (κ3) is 1.63. The van der Waals surface area contributed by atoms with Gasteiger partial charge in [0.25, 0.3) is 0 Å². The van der Waals surface area contributed by atoms with Crippen LogP contribution in [0.3, 0.4) is 0 Å². The highest BCUT2D eigenvalue weighted by Crippen LogP contribution is 2.23. The zero-order valence-corrected chi connectivity index (χ0v) is 10.1.